The van der Waals surface area contributed by atoms with Gasteiger partial charge in [0.25, 0.3) is 0 Å². The van der Waals surface area contributed by atoms with E-state index < -0.39 is 18.2 Å². The Kier molecular flexibility index (Phi) is 4.87. The predicted molar refractivity (Wildman–Crippen MR) is 68.1 cm³/mol. The smallest absolute Gasteiger partial charge is 0.338 e. The van der Waals surface area contributed by atoms with E-state index in [9.17, 15) is 15.0 Å². The van der Waals surface area contributed by atoms with Gasteiger partial charge in [0.2, 0.25) is 0 Å². The highest BCUT2D eigenvalue weighted by molar-refractivity contribution is 5.92. The standard InChI is InChI=1S/C13H16N2O4/c1-7-9(13(18)19-2)5-8(6-10(7)15)12(17)11(16)3-4-14/h5-6,11-12,16-17H,3,15H2,1-2H3. The number of carbonyl (C=O) groups is 1. The Morgan fingerprint density at radius 1 is 1.53 bits per heavy atom. The molecule has 0 bridgehead atoms. The highest BCUT2D eigenvalue weighted by atomic mass is 16.5. The number of esters is 1. The summed E-state index contributed by atoms with van der Waals surface area (Å²) in [6, 6.07) is 4.63. The van der Waals surface area contributed by atoms with E-state index in [-0.39, 0.29) is 17.5 Å². The Hall–Kier alpha value is -2.10. The average molecular weight is 264 g/mol. The molecule has 0 amide bonds. The number of hydrogen-bond acceptors (Lipinski definition) is 6. The van der Waals surface area contributed by atoms with Crippen LogP contribution in [0.5, 0.6) is 0 Å². The van der Waals surface area contributed by atoms with Crippen LogP contribution in [0.25, 0.3) is 0 Å². The van der Waals surface area contributed by atoms with Crippen LogP contribution in [0.1, 0.15) is 34.0 Å². The van der Waals surface area contributed by atoms with E-state index in [0.29, 0.717) is 11.3 Å². The first-order valence-corrected chi connectivity index (χ1v) is 5.63. The van der Waals surface area contributed by atoms with Crippen molar-refractivity contribution in [3.8, 4) is 6.07 Å². The van der Waals surface area contributed by atoms with E-state index in [1.54, 1.807) is 13.0 Å². The van der Waals surface area contributed by atoms with Crippen molar-refractivity contribution in [2.24, 2.45) is 0 Å². The number of nitrogen functional groups attached to an aromatic ring is 1. The van der Waals surface area contributed by atoms with Crippen molar-refractivity contribution in [1.82, 2.24) is 0 Å². The number of benzene rings is 1. The normalized spacial score (nSPS) is 13.4. The van der Waals surface area contributed by atoms with Crippen LogP contribution in [0.4, 0.5) is 5.69 Å². The van der Waals surface area contributed by atoms with Crippen LogP contribution < -0.4 is 5.73 Å². The number of rotatable bonds is 4. The number of carbonyl (C=O) groups excluding carboxylic acids is 1. The van der Waals surface area contributed by atoms with Crippen molar-refractivity contribution in [2.45, 2.75) is 25.6 Å². The molecule has 2 atom stereocenters. The molecule has 102 valence electrons. The maximum atomic E-state index is 11.6. The highest BCUT2D eigenvalue weighted by Gasteiger charge is 2.21. The number of nitrogens with two attached hydrogens (primary N) is 1. The number of hydrogen-bond donors (Lipinski definition) is 3. The van der Waals surface area contributed by atoms with E-state index in [1.165, 1.54) is 19.2 Å². The van der Waals surface area contributed by atoms with Crippen molar-refractivity contribution in [2.75, 3.05) is 12.8 Å². The number of aliphatic hydroxyl groups is 2. The van der Waals surface area contributed by atoms with Gasteiger partial charge in [0, 0.05) is 5.69 Å². The molecule has 2 unspecified atom stereocenters. The van der Waals surface area contributed by atoms with Gasteiger partial charge in [-0.25, -0.2) is 4.79 Å². The second-order valence-electron chi connectivity index (χ2n) is 4.15. The summed E-state index contributed by atoms with van der Waals surface area (Å²) in [6.07, 6.45) is -2.74. The molecule has 0 fully saturated rings. The summed E-state index contributed by atoms with van der Waals surface area (Å²) in [5, 5.41) is 28.0. The minimum Gasteiger partial charge on any atom is -0.465 e. The van der Waals surface area contributed by atoms with Gasteiger partial charge in [-0.3, -0.25) is 0 Å². The van der Waals surface area contributed by atoms with Crippen LogP contribution in [0, 0.1) is 18.3 Å². The highest BCUT2D eigenvalue weighted by Crippen LogP contribution is 2.26. The third-order valence-corrected chi connectivity index (χ3v) is 2.88. The third kappa shape index (κ3) is 3.22. The summed E-state index contributed by atoms with van der Waals surface area (Å²) in [4.78, 5) is 11.6. The Balaban J connectivity index is 3.20. The number of aliphatic hydroxyl groups excluding tert-OH is 2. The molecule has 1 aromatic carbocycles. The van der Waals surface area contributed by atoms with Gasteiger partial charge >= 0.3 is 5.97 Å². The van der Waals surface area contributed by atoms with Crippen LogP contribution >= 0.6 is 0 Å². The fourth-order valence-electron chi connectivity index (χ4n) is 1.68. The van der Waals surface area contributed by atoms with Gasteiger partial charge in [-0.15, -0.1) is 0 Å². The molecule has 0 aromatic heterocycles. The van der Waals surface area contributed by atoms with Gasteiger partial charge in [-0.1, -0.05) is 0 Å². The first kappa shape index (κ1) is 15.0. The first-order chi connectivity index (χ1) is 8.92. The molecular weight excluding hydrogens is 248 g/mol. The Morgan fingerprint density at radius 2 is 2.16 bits per heavy atom. The van der Waals surface area contributed by atoms with E-state index in [1.807, 2.05) is 0 Å². The summed E-state index contributed by atoms with van der Waals surface area (Å²) in [7, 11) is 1.24. The van der Waals surface area contributed by atoms with E-state index >= 15 is 0 Å². The number of methoxy groups -OCH3 is 1. The van der Waals surface area contributed by atoms with Crippen molar-refractivity contribution >= 4 is 11.7 Å². The van der Waals surface area contributed by atoms with E-state index in [4.69, 9.17) is 11.0 Å². The Morgan fingerprint density at radius 3 is 2.68 bits per heavy atom. The predicted octanol–water partition coefficient (Wildman–Crippen LogP) is 0.672. The van der Waals surface area contributed by atoms with Crippen molar-refractivity contribution in [3.05, 3.63) is 28.8 Å². The van der Waals surface area contributed by atoms with Gasteiger partial charge in [-0.2, -0.15) is 5.26 Å². The maximum Gasteiger partial charge on any atom is 0.338 e. The molecule has 1 rings (SSSR count). The molecule has 6 nitrogen and oxygen atoms in total. The van der Waals surface area contributed by atoms with Crippen LogP contribution in [0.3, 0.4) is 0 Å². The molecule has 19 heavy (non-hydrogen) atoms. The molecular formula is C13H16N2O4. The largest absolute Gasteiger partial charge is 0.465 e. The number of nitriles is 1. The van der Waals surface area contributed by atoms with Crippen molar-refractivity contribution in [3.63, 3.8) is 0 Å². The summed E-state index contributed by atoms with van der Waals surface area (Å²) in [5.74, 6) is -0.576. The van der Waals surface area contributed by atoms with E-state index in [0.717, 1.165) is 0 Å². The fourth-order valence-corrected chi connectivity index (χ4v) is 1.68. The lowest BCUT2D eigenvalue weighted by molar-refractivity contribution is 0.0215. The zero-order valence-electron chi connectivity index (χ0n) is 10.8. The maximum absolute atomic E-state index is 11.6. The molecule has 4 N–H and O–H groups in total. The molecule has 6 heteroatoms. The molecule has 0 heterocycles. The quantitative estimate of drug-likeness (QED) is 0.543. The van der Waals surface area contributed by atoms with Crippen LogP contribution in [-0.2, 0) is 4.74 Å². The number of anilines is 1. The monoisotopic (exact) mass is 264 g/mol. The second-order valence-corrected chi connectivity index (χ2v) is 4.15. The van der Waals surface area contributed by atoms with Crippen molar-refractivity contribution in [1.29, 1.82) is 5.26 Å². The van der Waals surface area contributed by atoms with Crippen LogP contribution in [0.15, 0.2) is 12.1 Å². The number of nitrogens with zero attached hydrogens (tertiary/aromatic N) is 1. The van der Waals surface area contributed by atoms with Gasteiger partial charge in [0.15, 0.2) is 0 Å². The lowest BCUT2D eigenvalue weighted by Gasteiger charge is -2.18. The van der Waals surface area contributed by atoms with Crippen molar-refractivity contribution < 1.29 is 19.7 Å². The SMILES string of the molecule is COC(=O)c1cc(C(O)C(O)CC#N)cc(N)c1C. The van der Waals surface area contributed by atoms with Gasteiger partial charge in [0.05, 0.1) is 31.3 Å². The zero-order valence-corrected chi connectivity index (χ0v) is 10.8. The second kappa shape index (κ2) is 6.18. The summed E-state index contributed by atoms with van der Waals surface area (Å²) in [5.41, 5.74) is 7.10. The fraction of sp³-hybridized carbons (Fsp3) is 0.385. The molecule has 0 aliphatic rings. The third-order valence-electron chi connectivity index (χ3n) is 2.88. The zero-order chi connectivity index (χ0) is 14.6. The molecule has 1 aromatic rings. The average Bonchev–Trinajstić information content (AvgIpc) is 2.40. The molecule has 0 saturated carbocycles. The van der Waals surface area contributed by atoms with E-state index in [2.05, 4.69) is 4.74 Å². The topological polar surface area (TPSA) is 117 Å². The molecule has 0 radical (unpaired) electrons. The lowest BCUT2D eigenvalue weighted by atomic mass is 9.96. The minimum atomic E-state index is -1.29. The lowest BCUT2D eigenvalue weighted by Crippen LogP contribution is -2.19. The van der Waals surface area contributed by atoms with Crippen LogP contribution in [-0.4, -0.2) is 29.4 Å². The number of ether oxygens (including phenoxy) is 1. The summed E-state index contributed by atoms with van der Waals surface area (Å²) in [6.45, 7) is 1.66. The Labute approximate surface area is 111 Å². The Bertz CT molecular complexity index is 522. The van der Waals surface area contributed by atoms with Gasteiger partial charge in [-0.05, 0) is 30.2 Å². The van der Waals surface area contributed by atoms with Gasteiger partial charge in [0.1, 0.15) is 6.10 Å². The van der Waals surface area contributed by atoms with Crippen LogP contribution in [0.2, 0.25) is 0 Å². The molecule has 0 aliphatic heterocycles. The molecule has 0 aliphatic carbocycles. The minimum absolute atomic E-state index is 0.220. The van der Waals surface area contributed by atoms with Gasteiger partial charge < -0.3 is 20.7 Å². The summed E-state index contributed by atoms with van der Waals surface area (Å²) < 4.78 is 4.62. The first-order valence-electron chi connectivity index (χ1n) is 5.63. The molecule has 0 saturated heterocycles. The summed E-state index contributed by atoms with van der Waals surface area (Å²) >= 11 is 0. The molecule has 0 spiro atoms.